The summed E-state index contributed by atoms with van der Waals surface area (Å²) in [5, 5.41) is 3.35. The van der Waals surface area contributed by atoms with Crippen molar-refractivity contribution in [2.75, 3.05) is 33.4 Å². The van der Waals surface area contributed by atoms with E-state index in [1.54, 1.807) is 0 Å². The Labute approximate surface area is 125 Å². The number of nitrogens with zero attached hydrogens (tertiary/aromatic N) is 1. The summed E-state index contributed by atoms with van der Waals surface area (Å²) in [6.45, 7) is 4.77. The zero-order valence-corrected chi connectivity index (χ0v) is 12.6. The van der Waals surface area contributed by atoms with E-state index in [0.717, 1.165) is 25.9 Å². The van der Waals surface area contributed by atoms with Crippen molar-refractivity contribution >= 4 is 5.91 Å². The second-order valence-electron chi connectivity index (χ2n) is 5.93. The maximum Gasteiger partial charge on any atom is 0.257 e. The summed E-state index contributed by atoms with van der Waals surface area (Å²) < 4.78 is 11.2. The molecule has 0 atom stereocenters. The lowest BCUT2D eigenvalue weighted by atomic mass is 9.89. The average molecular weight is 290 g/mol. The van der Waals surface area contributed by atoms with Gasteiger partial charge in [-0.1, -0.05) is 6.07 Å². The summed E-state index contributed by atoms with van der Waals surface area (Å²) in [5.41, 5.74) is 0.743. The number of carbonyl (C=O) groups is 1. The normalized spacial score (nSPS) is 20.2. The number of fused-ring (bicyclic) bond motifs is 1. The minimum absolute atomic E-state index is 0.0375. The van der Waals surface area contributed by atoms with Crippen molar-refractivity contribution in [3.63, 3.8) is 0 Å². The van der Waals surface area contributed by atoms with Gasteiger partial charge in [0.25, 0.3) is 5.91 Å². The molecule has 0 spiro atoms. The molecule has 0 aliphatic carbocycles. The van der Waals surface area contributed by atoms with E-state index in [2.05, 4.69) is 12.2 Å². The van der Waals surface area contributed by atoms with Crippen molar-refractivity contribution in [2.24, 2.45) is 0 Å². The Morgan fingerprint density at radius 1 is 1.24 bits per heavy atom. The number of ether oxygens (including phenoxy) is 2. The molecule has 5 nitrogen and oxygen atoms in total. The Kier molecular flexibility index (Phi) is 3.76. The number of carbonyl (C=O) groups excluding carboxylic acids is 1. The predicted molar refractivity (Wildman–Crippen MR) is 80.0 cm³/mol. The van der Waals surface area contributed by atoms with Crippen LogP contribution in [-0.2, 0) is 0 Å². The molecule has 0 bridgehead atoms. The van der Waals surface area contributed by atoms with Crippen LogP contribution in [0.5, 0.6) is 11.5 Å². The molecular formula is C16H22N2O3. The number of piperidine rings is 1. The number of hydrogen-bond acceptors (Lipinski definition) is 4. The van der Waals surface area contributed by atoms with Crippen molar-refractivity contribution in [2.45, 2.75) is 25.3 Å². The molecule has 0 saturated carbocycles. The SMILES string of the molecule is CNC1(C)CCN(C(=O)c2cccc3c2OCCO3)CC1. The first-order chi connectivity index (χ1) is 10.1. The second kappa shape index (κ2) is 5.56. The minimum Gasteiger partial charge on any atom is -0.486 e. The third-order valence-corrected chi connectivity index (χ3v) is 4.55. The van der Waals surface area contributed by atoms with Crippen molar-refractivity contribution in [1.29, 1.82) is 0 Å². The molecule has 114 valence electrons. The summed E-state index contributed by atoms with van der Waals surface area (Å²) in [7, 11) is 1.98. The zero-order chi connectivity index (χ0) is 14.9. The number of nitrogens with one attached hydrogen (secondary N) is 1. The van der Waals surface area contributed by atoms with Crippen molar-refractivity contribution < 1.29 is 14.3 Å². The maximum atomic E-state index is 12.7. The van der Waals surface area contributed by atoms with E-state index >= 15 is 0 Å². The molecular weight excluding hydrogens is 268 g/mol. The number of hydrogen-bond donors (Lipinski definition) is 1. The molecule has 1 amide bonds. The number of amides is 1. The smallest absolute Gasteiger partial charge is 0.257 e. The van der Waals surface area contributed by atoms with E-state index in [1.165, 1.54) is 0 Å². The molecule has 21 heavy (non-hydrogen) atoms. The Balaban J connectivity index is 1.78. The number of para-hydroxylation sites is 1. The Morgan fingerprint density at radius 2 is 1.95 bits per heavy atom. The fourth-order valence-corrected chi connectivity index (χ4v) is 2.87. The van der Waals surface area contributed by atoms with Gasteiger partial charge in [0.05, 0.1) is 5.56 Å². The molecule has 3 rings (SSSR count). The number of benzene rings is 1. The Hall–Kier alpha value is -1.75. The van der Waals surface area contributed by atoms with Gasteiger partial charge in [-0.25, -0.2) is 0 Å². The van der Waals surface area contributed by atoms with E-state index in [4.69, 9.17) is 9.47 Å². The van der Waals surface area contributed by atoms with Gasteiger partial charge in [-0.2, -0.15) is 0 Å². The van der Waals surface area contributed by atoms with Crippen molar-refractivity contribution in [3.8, 4) is 11.5 Å². The molecule has 2 heterocycles. The number of likely N-dealkylation sites (tertiary alicyclic amines) is 1. The maximum absolute atomic E-state index is 12.7. The first-order valence-corrected chi connectivity index (χ1v) is 7.50. The van der Waals surface area contributed by atoms with Crippen LogP contribution in [0.15, 0.2) is 18.2 Å². The van der Waals surface area contributed by atoms with E-state index < -0.39 is 0 Å². The standard InChI is InChI=1S/C16H22N2O3/c1-16(17-2)6-8-18(9-7-16)15(19)12-4-3-5-13-14(12)21-11-10-20-13/h3-5,17H,6-11H2,1-2H3. The molecule has 2 aliphatic heterocycles. The third kappa shape index (κ3) is 2.70. The van der Waals surface area contributed by atoms with Crippen LogP contribution in [0.3, 0.4) is 0 Å². The highest BCUT2D eigenvalue weighted by Gasteiger charge is 2.32. The fraction of sp³-hybridized carbons (Fsp3) is 0.562. The van der Waals surface area contributed by atoms with Gasteiger partial charge in [-0.15, -0.1) is 0 Å². The van der Waals surface area contributed by atoms with Crippen LogP contribution in [0.2, 0.25) is 0 Å². The van der Waals surface area contributed by atoms with Gasteiger partial charge in [0.2, 0.25) is 0 Å². The summed E-state index contributed by atoms with van der Waals surface area (Å²) in [5.74, 6) is 1.30. The lowest BCUT2D eigenvalue weighted by molar-refractivity contribution is 0.0652. The van der Waals surface area contributed by atoms with E-state index in [9.17, 15) is 4.79 Å². The monoisotopic (exact) mass is 290 g/mol. The topological polar surface area (TPSA) is 50.8 Å². The van der Waals surface area contributed by atoms with Gasteiger partial charge in [0.1, 0.15) is 13.2 Å². The van der Waals surface area contributed by atoms with Crippen LogP contribution in [0, 0.1) is 0 Å². The highest BCUT2D eigenvalue weighted by molar-refractivity contribution is 5.98. The van der Waals surface area contributed by atoms with Crippen LogP contribution >= 0.6 is 0 Å². The van der Waals surface area contributed by atoms with Gasteiger partial charge in [0, 0.05) is 18.6 Å². The molecule has 0 unspecified atom stereocenters. The first kappa shape index (κ1) is 14.2. The van der Waals surface area contributed by atoms with Crippen LogP contribution in [0.25, 0.3) is 0 Å². The molecule has 0 aromatic heterocycles. The minimum atomic E-state index is 0.0375. The largest absolute Gasteiger partial charge is 0.486 e. The molecule has 1 aromatic carbocycles. The second-order valence-corrected chi connectivity index (χ2v) is 5.93. The molecule has 2 aliphatic rings. The predicted octanol–water partition coefficient (Wildman–Crippen LogP) is 1.67. The van der Waals surface area contributed by atoms with Crippen LogP contribution in [-0.4, -0.2) is 49.7 Å². The number of rotatable bonds is 2. The fourth-order valence-electron chi connectivity index (χ4n) is 2.87. The zero-order valence-electron chi connectivity index (χ0n) is 12.6. The molecule has 5 heteroatoms. The molecule has 1 N–H and O–H groups in total. The molecule has 1 fully saturated rings. The Bertz CT molecular complexity index is 536. The van der Waals surface area contributed by atoms with Crippen LogP contribution in [0.4, 0.5) is 0 Å². The van der Waals surface area contributed by atoms with E-state index in [1.807, 2.05) is 30.1 Å². The van der Waals surface area contributed by atoms with Gasteiger partial charge < -0.3 is 19.7 Å². The quantitative estimate of drug-likeness (QED) is 0.900. The summed E-state index contributed by atoms with van der Waals surface area (Å²) in [4.78, 5) is 14.7. The van der Waals surface area contributed by atoms with Gasteiger partial charge in [0.15, 0.2) is 11.5 Å². The average Bonchev–Trinajstić information content (AvgIpc) is 2.54. The molecule has 0 radical (unpaired) electrons. The summed E-state index contributed by atoms with van der Waals surface area (Å²) >= 11 is 0. The first-order valence-electron chi connectivity index (χ1n) is 7.50. The lowest BCUT2D eigenvalue weighted by Gasteiger charge is -2.39. The summed E-state index contributed by atoms with van der Waals surface area (Å²) in [6, 6.07) is 5.52. The van der Waals surface area contributed by atoms with Gasteiger partial charge in [-0.3, -0.25) is 4.79 Å². The lowest BCUT2D eigenvalue weighted by Crippen LogP contribution is -2.51. The van der Waals surface area contributed by atoms with E-state index in [-0.39, 0.29) is 11.4 Å². The molecule has 1 aromatic rings. The highest BCUT2D eigenvalue weighted by Crippen LogP contribution is 2.35. The van der Waals surface area contributed by atoms with E-state index in [0.29, 0.717) is 30.3 Å². The van der Waals surface area contributed by atoms with Crippen LogP contribution < -0.4 is 14.8 Å². The molecule has 1 saturated heterocycles. The third-order valence-electron chi connectivity index (χ3n) is 4.55. The van der Waals surface area contributed by atoms with Crippen molar-refractivity contribution in [1.82, 2.24) is 10.2 Å². The summed E-state index contributed by atoms with van der Waals surface area (Å²) in [6.07, 6.45) is 1.92. The Morgan fingerprint density at radius 3 is 2.67 bits per heavy atom. The van der Waals surface area contributed by atoms with Crippen molar-refractivity contribution in [3.05, 3.63) is 23.8 Å². The van der Waals surface area contributed by atoms with Gasteiger partial charge in [-0.05, 0) is 38.9 Å². The highest BCUT2D eigenvalue weighted by atomic mass is 16.6. The van der Waals surface area contributed by atoms with Crippen LogP contribution in [0.1, 0.15) is 30.1 Å². The van der Waals surface area contributed by atoms with Gasteiger partial charge >= 0.3 is 0 Å².